The summed E-state index contributed by atoms with van der Waals surface area (Å²) < 4.78 is 5.81. The zero-order chi connectivity index (χ0) is 15.3. The van der Waals surface area contributed by atoms with Gasteiger partial charge in [0.2, 0.25) is 0 Å². The predicted molar refractivity (Wildman–Crippen MR) is 79.9 cm³/mol. The van der Waals surface area contributed by atoms with Gasteiger partial charge in [-0.05, 0) is 27.2 Å². The number of nitrogens with zero attached hydrogens (tertiary/aromatic N) is 1. The van der Waals surface area contributed by atoms with Gasteiger partial charge < -0.3 is 15.1 Å². The van der Waals surface area contributed by atoms with Gasteiger partial charge in [-0.1, -0.05) is 20.8 Å². The van der Waals surface area contributed by atoms with Crippen molar-refractivity contribution in [2.75, 3.05) is 6.54 Å². The molecule has 1 heterocycles. The minimum absolute atomic E-state index is 0.0710. The van der Waals surface area contributed by atoms with Crippen molar-refractivity contribution in [1.82, 2.24) is 15.6 Å². The van der Waals surface area contributed by atoms with Gasteiger partial charge in [-0.25, -0.2) is 9.78 Å². The Hall–Kier alpha value is -1.52. The molecule has 0 spiro atoms. The molecular weight excluding hydrogens is 254 g/mol. The number of aryl methyl sites for hydroxylation is 2. The Morgan fingerprint density at radius 1 is 1.35 bits per heavy atom. The molecule has 0 aliphatic heterocycles. The van der Waals surface area contributed by atoms with E-state index in [0.29, 0.717) is 6.54 Å². The summed E-state index contributed by atoms with van der Waals surface area (Å²) in [6.45, 7) is 12.7. The van der Waals surface area contributed by atoms with Crippen LogP contribution in [-0.4, -0.2) is 23.6 Å². The molecule has 0 atom stereocenters. The number of urea groups is 1. The molecule has 2 N–H and O–H groups in total. The molecular formula is C15H27N3O2. The van der Waals surface area contributed by atoms with Gasteiger partial charge in [0, 0.05) is 24.4 Å². The summed E-state index contributed by atoms with van der Waals surface area (Å²) in [7, 11) is 0. The maximum Gasteiger partial charge on any atom is 0.314 e. The zero-order valence-electron chi connectivity index (χ0n) is 13.5. The number of carbonyl (C=O) groups is 1. The molecule has 0 fully saturated rings. The lowest BCUT2D eigenvalue weighted by Gasteiger charge is -2.12. The highest BCUT2D eigenvalue weighted by atomic mass is 16.4. The number of amides is 2. The standard InChI is InChI=1S/C15H27N3O2/c1-10(2)17-14(19)16-9-7-8-12-11(3)18-13(20-12)15(4,5)6/h10H,7-9H2,1-6H3,(H2,16,17,19). The third-order valence-electron chi connectivity index (χ3n) is 2.82. The normalized spacial score (nSPS) is 11.8. The molecule has 20 heavy (non-hydrogen) atoms. The highest BCUT2D eigenvalue weighted by Crippen LogP contribution is 2.24. The second-order valence-electron chi connectivity index (χ2n) is 6.44. The van der Waals surface area contributed by atoms with E-state index in [-0.39, 0.29) is 17.5 Å². The van der Waals surface area contributed by atoms with Crippen molar-refractivity contribution in [2.24, 2.45) is 0 Å². The lowest BCUT2D eigenvalue weighted by Crippen LogP contribution is -2.39. The van der Waals surface area contributed by atoms with Gasteiger partial charge in [0.25, 0.3) is 0 Å². The van der Waals surface area contributed by atoms with E-state index in [4.69, 9.17) is 4.42 Å². The second kappa shape index (κ2) is 6.77. The molecule has 114 valence electrons. The van der Waals surface area contributed by atoms with E-state index in [1.165, 1.54) is 0 Å². The van der Waals surface area contributed by atoms with Crippen molar-refractivity contribution in [3.63, 3.8) is 0 Å². The number of carbonyl (C=O) groups excluding carboxylic acids is 1. The monoisotopic (exact) mass is 281 g/mol. The summed E-state index contributed by atoms with van der Waals surface area (Å²) in [6, 6.07) is 0.0329. The van der Waals surface area contributed by atoms with Crippen LogP contribution in [0, 0.1) is 6.92 Å². The van der Waals surface area contributed by atoms with Crippen molar-refractivity contribution >= 4 is 6.03 Å². The van der Waals surface area contributed by atoms with Crippen LogP contribution in [0.5, 0.6) is 0 Å². The summed E-state index contributed by atoms with van der Waals surface area (Å²) in [4.78, 5) is 15.9. The fourth-order valence-corrected chi connectivity index (χ4v) is 1.74. The molecule has 0 bridgehead atoms. The van der Waals surface area contributed by atoms with Crippen LogP contribution in [0.2, 0.25) is 0 Å². The van der Waals surface area contributed by atoms with Crippen LogP contribution >= 0.6 is 0 Å². The van der Waals surface area contributed by atoms with Gasteiger partial charge in [-0.3, -0.25) is 0 Å². The Morgan fingerprint density at radius 2 is 2.00 bits per heavy atom. The van der Waals surface area contributed by atoms with Crippen LogP contribution in [-0.2, 0) is 11.8 Å². The Morgan fingerprint density at radius 3 is 2.50 bits per heavy atom. The second-order valence-corrected chi connectivity index (χ2v) is 6.44. The molecule has 5 nitrogen and oxygen atoms in total. The van der Waals surface area contributed by atoms with Crippen LogP contribution in [0.4, 0.5) is 4.79 Å². The first-order chi connectivity index (χ1) is 9.20. The average molecular weight is 281 g/mol. The molecule has 2 amide bonds. The number of nitrogens with one attached hydrogen (secondary N) is 2. The maximum absolute atomic E-state index is 11.4. The molecule has 0 saturated heterocycles. The SMILES string of the molecule is Cc1nc(C(C)(C)C)oc1CCCNC(=O)NC(C)C. The van der Waals surface area contributed by atoms with E-state index in [9.17, 15) is 4.79 Å². The molecule has 0 aliphatic rings. The minimum atomic E-state index is -0.121. The van der Waals surface area contributed by atoms with Gasteiger partial charge >= 0.3 is 6.03 Å². The highest BCUT2D eigenvalue weighted by Gasteiger charge is 2.21. The van der Waals surface area contributed by atoms with Gasteiger partial charge in [-0.2, -0.15) is 0 Å². The largest absolute Gasteiger partial charge is 0.445 e. The van der Waals surface area contributed by atoms with E-state index in [0.717, 1.165) is 30.2 Å². The Balaban J connectivity index is 2.39. The van der Waals surface area contributed by atoms with Crippen molar-refractivity contribution in [1.29, 1.82) is 0 Å². The molecule has 0 aliphatic carbocycles. The van der Waals surface area contributed by atoms with Crippen LogP contribution in [0.3, 0.4) is 0 Å². The molecule has 0 aromatic carbocycles. The Labute approximate surface area is 121 Å². The van der Waals surface area contributed by atoms with Crippen molar-refractivity contribution < 1.29 is 9.21 Å². The quantitative estimate of drug-likeness (QED) is 0.815. The molecule has 1 aromatic heterocycles. The van der Waals surface area contributed by atoms with Crippen LogP contribution in [0.25, 0.3) is 0 Å². The molecule has 0 radical (unpaired) electrons. The predicted octanol–water partition coefficient (Wildman–Crippen LogP) is 2.92. The Kier molecular flexibility index (Phi) is 5.60. The van der Waals surface area contributed by atoms with Crippen LogP contribution < -0.4 is 10.6 Å². The Bertz CT molecular complexity index is 444. The summed E-state index contributed by atoms with van der Waals surface area (Å²) in [5.74, 6) is 1.69. The molecule has 0 unspecified atom stereocenters. The van der Waals surface area contributed by atoms with Gasteiger partial charge in [0.15, 0.2) is 5.89 Å². The zero-order valence-corrected chi connectivity index (χ0v) is 13.5. The first kappa shape index (κ1) is 16.5. The smallest absolute Gasteiger partial charge is 0.314 e. The molecule has 1 rings (SSSR count). The van der Waals surface area contributed by atoms with Gasteiger partial charge in [0.1, 0.15) is 5.76 Å². The number of rotatable bonds is 5. The fraction of sp³-hybridized carbons (Fsp3) is 0.733. The van der Waals surface area contributed by atoms with Crippen molar-refractivity contribution in [2.45, 2.75) is 65.8 Å². The summed E-state index contributed by atoms with van der Waals surface area (Å²) in [6.07, 6.45) is 1.63. The van der Waals surface area contributed by atoms with E-state index >= 15 is 0 Å². The molecule has 5 heteroatoms. The third-order valence-corrected chi connectivity index (χ3v) is 2.82. The first-order valence-corrected chi connectivity index (χ1v) is 7.21. The van der Waals surface area contributed by atoms with Crippen molar-refractivity contribution in [3.8, 4) is 0 Å². The first-order valence-electron chi connectivity index (χ1n) is 7.21. The van der Waals surface area contributed by atoms with E-state index in [1.807, 2.05) is 20.8 Å². The van der Waals surface area contributed by atoms with Crippen LogP contribution in [0.1, 0.15) is 58.4 Å². The maximum atomic E-state index is 11.4. The van der Waals surface area contributed by atoms with Gasteiger partial charge in [-0.15, -0.1) is 0 Å². The topological polar surface area (TPSA) is 67.2 Å². The lowest BCUT2D eigenvalue weighted by molar-refractivity contribution is 0.238. The number of hydrogen-bond acceptors (Lipinski definition) is 3. The van der Waals surface area contributed by atoms with E-state index in [2.05, 4.69) is 36.4 Å². The van der Waals surface area contributed by atoms with Crippen LogP contribution in [0.15, 0.2) is 4.42 Å². The average Bonchev–Trinajstić information content (AvgIpc) is 2.65. The minimum Gasteiger partial charge on any atom is -0.445 e. The fourth-order valence-electron chi connectivity index (χ4n) is 1.74. The number of aromatic nitrogens is 1. The highest BCUT2D eigenvalue weighted by molar-refractivity contribution is 5.73. The third kappa shape index (κ3) is 5.23. The van der Waals surface area contributed by atoms with Gasteiger partial charge in [0.05, 0.1) is 5.69 Å². The number of hydrogen-bond donors (Lipinski definition) is 2. The number of oxazole rings is 1. The summed E-state index contributed by atoms with van der Waals surface area (Å²) in [5, 5.41) is 5.62. The molecule has 0 saturated carbocycles. The van der Waals surface area contributed by atoms with Crippen molar-refractivity contribution in [3.05, 3.63) is 17.3 Å². The lowest BCUT2D eigenvalue weighted by atomic mass is 9.97. The molecule has 1 aromatic rings. The summed E-state index contributed by atoms with van der Waals surface area (Å²) >= 11 is 0. The summed E-state index contributed by atoms with van der Waals surface area (Å²) in [5.41, 5.74) is 0.875. The van der Waals surface area contributed by atoms with E-state index < -0.39 is 0 Å². The van der Waals surface area contributed by atoms with E-state index in [1.54, 1.807) is 0 Å².